The molecular formula is C10H11F3N2O2. The van der Waals surface area contributed by atoms with Gasteiger partial charge < -0.3 is 4.52 Å². The lowest BCUT2D eigenvalue weighted by atomic mass is 10.1. The van der Waals surface area contributed by atoms with E-state index >= 15 is 0 Å². The Hall–Kier alpha value is -1.40. The zero-order valence-electron chi connectivity index (χ0n) is 9.34. The highest BCUT2D eigenvalue weighted by molar-refractivity contribution is 5.89. The molecule has 1 saturated carbocycles. The molecular weight excluding hydrogens is 237 g/mol. The second-order valence-corrected chi connectivity index (χ2v) is 4.60. The largest absolute Gasteiger partial charge is 0.450 e. The van der Waals surface area contributed by atoms with Gasteiger partial charge in [0.05, 0.1) is 0 Å². The Kier molecular flexibility index (Phi) is 2.52. The number of Topliss-reactive ketones (excluding diaryl/α,β-unsaturated/α-hetero) is 1. The van der Waals surface area contributed by atoms with Crippen molar-refractivity contribution in [3.05, 3.63) is 11.7 Å². The number of aromatic nitrogens is 2. The van der Waals surface area contributed by atoms with Crippen molar-refractivity contribution in [1.82, 2.24) is 10.1 Å². The Morgan fingerprint density at radius 3 is 2.53 bits per heavy atom. The summed E-state index contributed by atoms with van der Waals surface area (Å²) < 4.78 is 41.3. The maximum Gasteiger partial charge on any atom is 0.450 e. The number of hydrogen-bond acceptors (Lipinski definition) is 4. The summed E-state index contributed by atoms with van der Waals surface area (Å²) in [7, 11) is 0. The molecule has 0 spiro atoms. The van der Waals surface area contributed by atoms with Crippen LogP contribution in [-0.4, -0.2) is 22.1 Å². The third-order valence-corrected chi connectivity index (χ3v) is 3.02. The molecule has 0 bridgehead atoms. The van der Waals surface area contributed by atoms with Crippen molar-refractivity contribution in [1.29, 1.82) is 0 Å². The van der Waals surface area contributed by atoms with Gasteiger partial charge in [0.15, 0.2) is 5.82 Å². The average Bonchev–Trinajstić information content (AvgIpc) is 2.82. The first kappa shape index (κ1) is 12.1. The molecule has 1 aliphatic carbocycles. The maximum absolute atomic E-state index is 12.2. The third kappa shape index (κ3) is 2.18. The van der Waals surface area contributed by atoms with E-state index in [4.69, 9.17) is 4.52 Å². The predicted octanol–water partition coefficient (Wildman–Crippen LogP) is 2.36. The second-order valence-electron chi connectivity index (χ2n) is 4.60. The number of halogens is 3. The van der Waals surface area contributed by atoms with Crippen molar-refractivity contribution >= 4 is 5.78 Å². The fraction of sp³-hybridized carbons (Fsp3) is 0.700. The first-order valence-electron chi connectivity index (χ1n) is 5.19. The molecule has 0 saturated heterocycles. The van der Waals surface area contributed by atoms with Crippen molar-refractivity contribution in [3.63, 3.8) is 0 Å². The molecule has 0 amide bonds. The van der Waals surface area contributed by atoms with Crippen LogP contribution in [-0.2, 0) is 10.2 Å². The van der Waals surface area contributed by atoms with Gasteiger partial charge in [-0.05, 0) is 19.8 Å². The summed E-state index contributed by atoms with van der Waals surface area (Å²) in [4.78, 5) is 14.9. The number of nitrogens with zero attached hydrogens (tertiary/aromatic N) is 2. The molecule has 4 nitrogen and oxygen atoms in total. The molecule has 1 aliphatic rings. The molecule has 94 valence electrons. The highest BCUT2D eigenvalue weighted by Crippen LogP contribution is 2.46. The molecule has 1 aromatic heterocycles. The van der Waals surface area contributed by atoms with Gasteiger partial charge in [0.1, 0.15) is 5.92 Å². The summed E-state index contributed by atoms with van der Waals surface area (Å²) >= 11 is 0. The lowest BCUT2D eigenvalue weighted by Gasteiger charge is -2.08. The van der Waals surface area contributed by atoms with Crippen LogP contribution in [0.1, 0.15) is 44.3 Å². The van der Waals surface area contributed by atoms with Crippen molar-refractivity contribution in [2.24, 2.45) is 0 Å². The number of alkyl halides is 3. The second kappa shape index (κ2) is 3.54. The smallest absolute Gasteiger partial charge is 0.339 e. The summed E-state index contributed by atoms with van der Waals surface area (Å²) in [6.07, 6.45) is -3.11. The summed E-state index contributed by atoms with van der Waals surface area (Å²) in [6.45, 7) is 3.01. The van der Waals surface area contributed by atoms with E-state index in [9.17, 15) is 18.0 Å². The topological polar surface area (TPSA) is 56.0 Å². The Morgan fingerprint density at radius 1 is 1.47 bits per heavy atom. The zero-order valence-corrected chi connectivity index (χ0v) is 9.34. The minimum atomic E-state index is -4.88. The molecule has 0 aromatic carbocycles. The lowest BCUT2D eigenvalue weighted by Crippen LogP contribution is -2.27. The Balaban J connectivity index is 2.18. The molecule has 1 aromatic rings. The zero-order chi connectivity index (χ0) is 12.8. The van der Waals surface area contributed by atoms with Crippen molar-refractivity contribution in [3.8, 4) is 0 Å². The molecule has 0 aliphatic heterocycles. The van der Waals surface area contributed by atoms with Crippen molar-refractivity contribution in [2.75, 3.05) is 0 Å². The number of hydrogen-bond donors (Lipinski definition) is 0. The first-order valence-corrected chi connectivity index (χ1v) is 5.19. The highest BCUT2D eigenvalue weighted by Gasteiger charge is 2.46. The number of rotatable bonds is 3. The molecule has 1 unspecified atom stereocenters. The Bertz CT molecular complexity index is 449. The minimum absolute atomic E-state index is 0.192. The van der Waals surface area contributed by atoms with Gasteiger partial charge in [0.2, 0.25) is 11.7 Å². The van der Waals surface area contributed by atoms with E-state index in [1.807, 2.05) is 6.92 Å². The Labute approximate surface area is 95.2 Å². The van der Waals surface area contributed by atoms with Crippen LogP contribution in [0.25, 0.3) is 0 Å². The van der Waals surface area contributed by atoms with E-state index in [-0.39, 0.29) is 11.3 Å². The minimum Gasteiger partial charge on any atom is -0.339 e. The maximum atomic E-state index is 12.2. The molecule has 1 heterocycles. The van der Waals surface area contributed by atoms with Gasteiger partial charge in [0.25, 0.3) is 0 Å². The molecule has 17 heavy (non-hydrogen) atoms. The van der Waals surface area contributed by atoms with Crippen LogP contribution < -0.4 is 0 Å². The van der Waals surface area contributed by atoms with Gasteiger partial charge in [-0.2, -0.15) is 18.2 Å². The molecule has 2 rings (SSSR count). The van der Waals surface area contributed by atoms with Gasteiger partial charge in [-0.3, -0.25) is 4.79 Å². The first-order chi connectivity index (χ1) is 7.74. The van der Waals surface area contributed by atoms with Gasteiger partial charge in [-0.1, -0.05) is 12.1 Å². The SMILES string of the molecule is CC(C(=O)C(F)(F)F)c1nc(C2(C)CC2)no1. The monoisotopic (exact) mass is 248 g/mol. The molecule has 1 atom stereocenters. The molecule has 0 radical (unpaired) electrons. The van der Waals surface area contributed by atoms with E-state index in [0.29, 0.717) is 5.82 Å². The van der Waals surface area contributed by atoms with E-state index in [2.05, 4.69) is 10.1 Å². The van der Waals surface area contributed by atoms with Gasteiger partial charge in [-0.25, -0.2) is 0 Å². The summed E-state index contributed by atoms with van der Waals surface area (Å²) in [6, 6.07) is 0. The van der Waals surface area contributed by atoms with E-state index in [1.54, 1.807) is 0 Å². The third-order valence-electron chi connectivity index (χ3n) is 3.02. The summed E-state index contributed by atoms with van der Waals surface area (Å²) in [5.74, 6) is -3.20. The van der Waals surface area contributed by atoms with Crippen LogP contribution >= 0.6 is 0 Å². The van der Waals surface area contributed by atoms with E-state index in [0.717, 1.165) is 19.8 Å². The van der Waals surface area contributed by atoms with Crippen LogP contribution in [0.15, 0.2) is 4.52 Å². The molecule has 1 fully saturated rings. The number of carbonyl (C=O) groups excluding carboxylic acids is 1. The molecule has 7 heteroatoms. The van der Waals surface area contributed by atoms with Crippen LogP contribution in [0.2, 0.25) is 0 Å². The van der Waals surface area contributed by atoms with Crippen LogP contribution in [0.4, 0.5) is 13.2 Å². The number of ketones is 1. The fourth-order valence-electron chi connectivity index (χ4n) is 1.42. The Morgan fingerprint density at radius 2 is 2.06 bits per heavy atom. The quantitative estimate of drug-likeness (QED) is 0.823. The lowest BCUT2D eigenvalue weighted by molar-refractivity contribution is -0.172. The van der Waals surface area contributed by atoms with Gasteiger partial charge in [0, 0.05) is 5.41 Å². The van der Waals surface area contributed by atoms with E-state index in [1.165, 1.54) is 0 Å². The van der Waals surface area contributed by atoms with Crippen molar-refractivity contribution < 1.29 is 22.5 Å². The van der Waals surface area contributed by atoms with Crippen LogP contribution in [0.3, 0.4) is 0 Å². The highest BCUT2D eigenvalue weighted by atomic mass is 19.4. The molecule has 0 N–H and O–H groups in total. The van der Waals surface area contributed by atoms with Crippen LogP contribution in [0.5, 0.6) is 0 Å². The summed E-state index contributed by atoms with van der Waals surface area (Å²) in [5, 5.41) is 3.63. The standard InChI is InChI=1S/C10H11F3N2O2/c1-5(6(16)10(11,12)13)7-14-8(15-17-7)9(2)3-4-9/h5H,3-4H2,1-2H3. The normalized spacial score (nSPS) is 20.1. The van der Waals surface area contributed by atoms with Crippen molar-refractivity contribution in [2.45, 2.75) is 44.2 Å². The fourth-order valence-corrected chi connectivity index (χ4v) is 1.42. The van der Waals surface area contributed by atoms with Crippen LogP contribution in [0, 0.1) is 0 Å². The van der Waals surface area contributed by atoms with Gasteiger partial charge >= 0.3 is 6.18 Å². The predicted molar refractivity (Wildman–Crippen MR) is 50.4 cm³/mol. The number of carbonyl (C=O) groups is 1. The van der Waals surface area contributed by atoms with E-state index < -0.39 is 17.9 Å². The average molecular weight is 248 g/mol. The summed E-state index contributed by atoms with van der Waals surface area (Å²) in [5.41, 5.74) is -0.192. The van der Waals surface area contributed by atoms with Gasteiger partial charge in [-0.15, -0.1) is 0 Å².